The second-order valence-electron chi connectivity index (χ2n) is 5.81. The van der Waals surface area contributed by atoms with Crippen LogP contribution in [0.4, 0.5) is 0 Å². The Morgan fingerprint density at radius 2 is 2.12 bits per heavy atom. The Hall–Kier alpha value is -2.80. The SMILES string of the molecule is CCn1c(=NC(=O)Cc2ccc3c(c2)OCO3)sc2cccc(OC)c21. The van der Waals surface area contributed by atoms with Gasteiger partial charge in [0.2, 0.25) is 6.79 Å². The van der Waals surface area contributed by atoms with Crippen LogP contribution in [0, 0.1) is 0 Å². The van der Waals surface area contributed by atoms with Gasteiger partial charge in [-0.25, -0.2) is 0 Å². The summed E-state index contributed by atoms with van der Waals surface area (Å²) in [5, 5.41) is 0. The highest BCUT2D eigenvalue weighted by Gasteiger charge is 2.15. The van der Waals surface area contributed by atoms with Crippen molar-refractivity contribution < 1.29 is 19.0 Å². The molecule has 0 saturated heterocycles. The monoisotopic (exact) mass is 370 g/mol. The number of amides is 1. The third-order valence-corrected chi connectivity index (χ3v) is 5.26. The van der Waals surface area contributed by atoms with Crippen LogP contribution in [0.2, 0.25) is 0 Å². The Kier molecular flexibility index (Phi) is 4.38. The van der Waals surface area contributed by atoms with Crippen LogP contribution in [-0.4, -0.2) is 24.4 Å². The molecule has 2 aromatic carbocycles. The van der Waals surface area contributed by atoms with Gasteiger partial charge in [-0.05, 0) is 36.8 Å². The van der Waals surface area contributed by atoms with Gasteiger partial charge in [0.25, 0.3) is 5.91 Å². The van der Waals surface area contributed by atoms with Crippen molar-refractivity contribution in [1.82, 2.24) is 4.57 Å². The van der Waals surface area contributed by atoms with Gasteiger partial charge in [-0.1, -0.05) is 23.5 Å². The maximum absolute atomic E-state index is 12.5. The molecule has 0 unspecified atom stereocenters. The highest BCUT2D eigenvalue weighted by atomic mass is 32.1. The number of aryl methyl sites for hydroxylation is 1. The molecule has 0 spiro atoms. The second-order valence-corrected chi connectivity index (χ2v) is 6.81. The third-order valence-electron chi connectivity index (χ3n) is 4.21. The summed E-state index contributed by atoms with van der Waals surface area (Å²) in [6.45, 7) is 2.95. The van der Waals surface area contributed by atoms with Gasteiger partial charge in [0.05, 0.1) is 18.2 Å². The maximum atomic E-state index is 12.5. The minimum absolute atomic E-state index is 0.198. The van der Waals surface area contributed by atoms with E-state index in [9.17, 15) is 4.79 Å². The van der Waals surface area contributed by atoms with Crippen molar-refractivity contribution in [2.45, 2.75) is 19.9 Å². The molecule has 1 aliphatic rings. The lowest BCUT2D eigenvalue weighted by Gasteiger charge is -2.05. The number of nitrogens with zero attached hydrogens (tertiary/aromatic N) is 2. The number of para-hydroxylation sites is 1. The van der Waals surface area contributed by atoms with Crippen LogP contribution in [0.5, 0.6) is 17.2 Å². The molecule has 0 saturated carbocycles. The van der Waals surface area contributed by atoms with E-state index in [0.29, 0.717) is 22.8 Å². The van der Waals surface area contributed by atoms with Crippen LogP contribution in [0.15, 0.2) is 41.4 Å². The van der Waals surface area contributed by atoms with Crippen molar-refractivity contribution in [3.05, 3.63) is 46.8 Å². The van der Waals surface area contributed by atoms with E-state index in [2.05, 4.69) is 4.99 Å². The molecule has 0 atom stereocenters. The van der Waals surface area contributed by atoms with E-state index in [4.69, 9.17) is 14.2 Å². The lowest BCUT2D eigenvalue weighted by molar-refractivity contribution is -0.117. The number of methoxy groups -OCH3 is 1. The molecule has 4 rings (SSSR count). The summed E-state index contributed by atoms with van der Waals surface area (Å²) >= 11 is 1.49. The molecule has 1 aliphatic heterocycles. The fraction of sp³-hybridized carbons (Fsp3) is 0.263. The highest BCUT2D eigenvalue weighted by Crippen LogP contribution is 2.32. The Morgan fingerprint density at radius 3 is 2.92 bits per heavy atom. The molecule has 3 aromatic rings. The van der Waals surface area contributed by atoms with E-state index in [1.165, 1.54) is 11.3 Å². The van der Waals surface area contributed by atoms with Crippen molar-refractivity contribution in [1.29, 1.82) is 0 Å². The molecule has 0 aliphatic carbocycles. The van der Waals surface area contributed by atoms with Gasteiger partial charge >= 0.3 is 0 Å². The number of aromatic nitrogens is 1. The number of benzene rings is 2. The van der Waals surface area contributed by atoms with E-state index in [1.54, 1.807) is 7.11 Å². The summed E-state index contributed by atoms with van der Waals surface area (Å²) in [5.74, 6) is 1.96. The first-order valence-corrected chi connectivity index (χ1v) is 9.13. The van der Waals surface area contributed by atoms with Crippen molar-refractivity contribution in [3.8, 4) is 17.2 Å². The van der Waals surface area contributed by atoms with Crippen LogP contribution in [0.3, 0.4) is 0 Å². The molecule has 0 bridgehead atoms. The predicted octanol–water partition coefficient (Wildman–Crippen LogP) is 3.13. The lowest BCUT2D eigenvalue weighted by Crippen LogP contribution is -2.16. The van der Waals surface area contributed by atoms with Gasteiger partial charge in [-0.3, -0.25) is 4.79 Å². The van der Waals surface area contributed by atoms with Crippen LogP contribution >= 0.6 is 11.3 Å². The maximum Gasteiger partial charge on any atom is 0.252 e. The number of thiazole rings is 1. The molecule has 1 amide bonds. The Morgan fingerprint density at radius 1 is 1.27 bits per heavy atom. The highest BCUT2D eigenvalue weighted by molar-refractivity contribution is 7.16. The Balaban J connectivity index is 1.68. The van der Waals surface area contributed by atoms with Crippen LogP contribution < -0.4 is 19.0 Å². The first-order chi connectivity index (χ1) is 12.7. The van der Waals surface area contributed by atoms with Crippen molar-refractivity contribution >= 4 is 27.5 Å². The average Bonchev–Trinajstić information content (AvgIpc) is 3.24. The van der Waals surface area contributed by atoms with Gasteiger partial charge in [0.15, 0.2) is 16.3 Å². The number of carbonyl (C=O) groups excluding carboxylic acids is 1. The molecule has 7 heteroatoms. The van der Waals surface area contributed by atoms with E-state index in [-0.39, 0.29) is 19.1 Å². The molecule has 2 heterocycles. The van der Waals surface area contributed by atoms with Gasteiger partial charge in [-0.2, -0.15) is 4.99 Å². The third kappa shape index (κ3) is 2.94. The molecule has 26 heavy (non-hydrogen) atoms. The number of hydrogen-bond acceptors (Lipinski definition) is 5. The zero-order valence-electron chi connectivity index (χ0n) is 14.5. The fourth-order valence-electron chi connectivity index (χ4n) is 3.01. The smallest absolute Gasteiger partial charge is 0.252 e. The Labute approximate surface area is 154 Å². The number of hydrogen-bond donors (Lipinski definition) is 0. The first kappa shape index (κ1) is 16.7. The van der Waals surface area contributed by atoms with Crippen LogP contribution in [0.25, 0.3) is 10.2 Å². The molecule has 0 N–H and O–H groups in total. The van der Waals surface area contributed by atoms with Crippen molar-refractivity contribution in [3.63, 3.8) is 0 Å². The summed E-state index contributed by atoms with van der Waals surface area (Å²) in [6.07, 6.45) is 0.214. The molecular weight excluding hydrogens is 352 g/mol. The largest absolute Gasteiger partial charge is 0.495 e. The summed E-state index contributed by atoms with van der Waals surface area (Å²) in [5.41, 5.74) is 1.82. The average molecular weight is 370 g/mol. The van der Waals surface area contributed by atoms with E-state index in [1.807, 2.05) is 47.9 Å². The van der Waals surface area contributed by atoms with E-state index in [0.717, 1.165) is 21.5 Å². The molecule has 134 valence electrons. The van der Waals surface area contributed by atoms with E-state index >= 15 is 0 Å². The van der Waals surface area contributed by atoms with Gasteiger partial charge < -0.3 is 18.8 Å². The van der Waals surface area contributed by atoms with Gasteiger partial charge in [0, 0.05) is 6.54 Å². The zero-order chi connectivity index (χ0) is 18.1. The van der Waals surface area contributed by atoms with Crippen molar-refractivity contribution in [2.24, 2.45) is 4.99 Å². The number of carbonyl (C=O) groups is 1. The van der Waals surface area contributed by atoms with Crippen molar-refractivity contribution in [2.75, 3.05) is 13.9 Å². The summed E-state index contributed by atoms with van der Waals surface area (Å²) in [7, 11) is 1.65. The molecular formula is C19H18N2O4S. The normalized spacial score (nSPS) is 13.4. The quantitative estimate of drug-likeness (QED) is 0.708. The summed E-state index contributed by atoms with van der Waals surface area (Å²) in [4.78, 5) is 17.5. The first-order valence-electron chi connectivity index (χ1n) is 8.32. The Bertz CT molecular complexity index is 1050. The zero-order valence-corrected chi connectivity index (χ0v) is 15.3. The molecule has 6 nitrogen and oxygen atoms in total. The lowest BCUT2D eigenvalue weighted by atomic mass is 10.1. The van der Waals surface area contributed by atoms with Gasteiger partial charge in [0.1, 0.15) is 11.3 Å². The molecule has 0 fully saturated rings. The number of rotatable bonds is 4. The summed E-state index contributed by atoms with van der Waals surface area (Å²) in [6, 6.07) is 11.4. The topological polar surface area (TPSA) is 62.1 Å². The fourth-order valence-corrected chi connectivity index (χ4v) is 4.14. The molecule has 0 radical (unpaired) electrons. The minimum Gasteiger partial charge on any atom is -0.495 e. The number of ether oxygens (including phenoxy) is 3. The second kappa shape index (κ2) is 6.84. The van der Waals surface area contributed by atoms with Crippen LogP contribution in [0.1, 0.15) is 12.5 Å². The summed E-state index contributed by atoms with van der Waals surface area (Å²) < 4.78 is 19.2. The van der Waals surface area contributed by atoms with Crippen LogP contribution in [-0.2, 0) is 17.8 Å². The van der Waals surface area contributed by atoms with Gasteiger partial charge in [-0.15, -0.1) is 0 Å². The predicted molar refractivity (Wildman–Crippen MR) is 98.9 cm³/mol. The van der Waals surface area contributed by atoms with E-state index < -0.39 is 0 Å². The molecule has 1 aromatic heterocycles. The standard InChI is InChI=1S/C19H18N2O4S/c1-3-21-18-14(23-2)5-4-6-16(18)26-19(21)20-17(22)10-12-7-8-13-15(9-12)25-11-24-13/h4-9H,3,10-11H2,1-2H3. The minimum atomic E-state index is -0.198. The number of fused-ring (bicyclic) bond motifs is 2.